The summed E-state index contributed by atoms with van der Waals surface area (Å²) >= 11 is 1.66. The zero-order valence-corrected chi connectivity index (χ0v) is 25.8. The first kappa shape index (κ1) is 26.2. The summed E-state index contributed by atoms with van der Waals surface area (Å²) in [5.41, 5.74) is 4.43. The topological polar surface area (TPSA) is 49.2 Å². The second kappa shape index (κ2) is 10.2. The van der Waals surface area contributed by atoms with Crippen molar-refractivity contribution in [2.45, 2.75) is 64.8 Å². The molecule has 2 heterocycles. The number of benzene rings is 2. The summed E-state index contributed by atoms with van der Waals surface area (Å²) in [5, 5.41) is 3.05. The number of thiazole rings is 1. The molecule has 0 atom stereocenters. The first-order valence-electron chi connectivity index (χ1n) is 12.3. The number of rotatable bonds is 10. The van der Waals surface area contributed by atoms with Crippen LogP contribution in [0.5, 0.6) is 0 Å². The molecule has 186 valence electrons. The average molecular weight is 540 g/mol. The Bertz CT molecular complexity index is 1260. The molecule has 4 rings (SSSR count). The monoisotopic (exact) mass is 539 g/mol. The zero-order valence-electron chi connectivity index (χ0n) is 22.0. The van der Waals surface area contributed by atoms with Gasteiger partial charge in [-0.05, 0) is 70.4 Å². The molecule has 0 N–H and O–H groups in total. The average Bonchev–Trinajstić information content (AvgIpc) is 3.39. The summed E-state index contributed by atoms with van der Waals surface area (Å²) in [6.07, 6.45) is 2.85. The third-order valence-corrected chi connectivity index (χ3v) is 16.0. The quantitative estimate of drug-likeness (QED) is 0.192. The van der Waals surface area contributed by atoms with Gasteiger partial charge in [0.25, 0.3) is 0 Å². The standard InChI is InChI=1S/C26H37N3O2SSi3/c1-33(2,3)30-35(7,31-34(4,5)6)20-12-18-29-24-16-11-10-15-23(24)28-25(29)21-13-8-9-14-22(21)26-27-17-19-32-26/h8-11,13-17,19H,12,18,20H2,1-7H3. The van der Waals surface area contributed by atoms with Crippen molar-refractivity contribution in [1.82, 2.24) is 14.5 Å². The Morgan fingerprint density at radius 3 is 2.09 bits per heavy atom. The summed E-state index contributed by atoms with van der Waals surface area (Å²) in [7, 11) is -5.73. The largest absolute Gasteiger partial charge is 0.437 e. The number of aromatic nitrogens is 3. The molecule has 0 bridgehead atoms. The summed E-state index contributed by atoms with van der Waals surface area (Å²) < 4.78 is 15.9. The molecule has 0 spiro atoms. The van der Waals surface area contributed by atoms with Gasteiger partial charge < -0.3 is 12.8 Å². The van der Waals surface area contributed by atoms with Crippen LogP contribution in [0.3, 0.4) is 0 Å². The molecule has 0 aliphatic carbocycles. The minimum atomic E-state index is -2.29. The minimum Gasteiger partial charge on any atom is -0.437 e. The van der Waals surface area contributed by atoms with Crippen LogP contribution in [0.2, 0.25) is 51.9 Å². The Morgan fingerprint density at radius 1 is 0.829 bits per heavy atom. The summed E-state index contributed by atoms with van der Waals surface area (Å²) in [6.45, 7) is 16.7. The van der Waals surface area contributed by atoms with Gasteiger partial charge in [-0.2, -0.15) is 0 Å². The lowest BCUT2D eigenvalue weighted by Crippen LogP contribution is -2.52. The van der Waals surface area contributed by atoms with Crippen molar-refractivity contribution >= 4 is 47.6 Å². The fraction of sp³-hybridized carbons (Fsp3) is 0.385. The van der Waals surface area contributed by atoms with Crippen molar-refractivity contribution in [2.75, 3.05) is 0 Å². The van der Waals surface area contributed by atoms with E-state index in [0.29, 0.717) is 0 Å². The Kier molecular flexibility index (Phi) is 7.65. The Hall–Kier alpha value is -1.89. The molecular formula is C26H37N3O2SSi3. The molecule has 2 aromatic heterocycles. The number of hydrogen-bond acceptors (Lipinski definition) is 5. The van der Waals surface area contributed by atoms with Crippen LogP contribution in [-0.4, -0.2) is 39.7 Å². The van der Waals surface area contributed by atoms with Crippen LogP contribution in [0.15, 0.2) is 60.1 Å². The van der Waals surface area contributed by atoms with Crippen molar-refractivity contribution in [3.05, 3.63) is 60.1 Å². The zero-order chi connectivity index (χ0) is 25.3. The van der Waals surface area contributed by atoms with E-state index in [4.69, 9.17) is 13.2 Å². The molecule has 0 radical (unpaired) electrons. The molecule has 0 aliphatic heterocycles. The fourth-order valence-corrected chi connectivity index (χ4v) is 17.9. The van der Waals surface area contributed by atoms with Crippen LogP contribution in [-0.2, 0) is 14.8 Å². The van der Waals surface area contributed by atoms with Crippen LogP contribution in [0, 0.1) is 0 Å². The lowest BCUT2D eigenvalue weighted by Gasteiger charge is -2.38. The lowest BCUT2D eigenvalue weighted by molar-refractivity contribution is 0.379. The van der Waals surface area contributed by atoms with E-state index in [9.17, 15) is 0 Å². The van der Waals surface area contributed by atoms with Gasteiger partial charge in [0.05, 0.1) is 11.0 Å². The normalized spacial score (nSPS) is 13.0. The van der Waals surface area contributed by atoms with Gasteiger partial charge in [-0.3, -0.25) is 0 Å². The Balaban J connectivity index is 1.68. The van der Waals surface area contributed by atoms with Gasteiger partial charge in [0.1, 0.15) is 10.8 Å². The van der Waals surface area contributed by atoms with Crippen molar-refractivity contribution in [1.29, 1.82) is 0 Å². The second-order valence-electron chi connectivity index (χ2n) is 11.1. The highest BCUT2D eigenvalue weighted by Gasteiger charge is 2.39. The van der Waals surface area contributed by atoms with Crippen LogP contribution in [0.1, 0.15) is 6.42 Å². The fourth-order valence-electron chi connectivity index (χ4n) is 4.71. The van der Waals surface area contributed by atoms with Crippen molar-refractivity contribution < 1.29 is 8.23 Å². The number of nitrogens with zero attached hydrogens (tertiary/aromatic N) is 3. The second-order valence-corrected chi connectivity index (χ2v) is 24.9. The Morgan fingerprint density at radius 2 is 1.46 bits per heavy atom. The first-order chi connectivity index (χ1) is 16.4. The predicted molar refractivity (Wildman–Crippen MR) is 156 cm³/mol. The van der Waals surface area contributed by atoms with Crippen molar-refractivity contribution in [2.24, 2.45) is 0 Å². The summed E-state index contributed by atoms with van der Waals surface area (Å²) in [4.78, 5) is 9.67. The molecular weight excluding hydrogens is 503 g/mol. The number of imidazole rings is 1. The van der Waals surface area contributed by atoms with Gasteiger partial charge in [-0.25, -0.2) is 9.97 Å². The van der Waals surface area contributed by atoms with Gasteiger partial charge in [0, 0.05) is 29.2 Å². The molecule has 0 saturated heterocycles. The molecule has 4 aromatic rings. The van der Waals surface area contributed by atoms with E-state index >= 15 is 0 Å². The van der Waals surface area contributed by atoms with E-state index in [0.717, 1.165) is 52.0 Å². The van der Waals surface area contributed by atoms with E-state index < -0.39 is 25.2 Å². The molecule has 0 aliphatic rings. The summed E-state index contributed by atoms with van der Waals surface area (Å²) in [5.74, 6) is 0.998. The number of aryl methyl sites for hydroxylation is 1. The molecule has 5 nitrogen and oxygen atoms in total. The maximum Gasteiger partial charge on any atom is 0.314 e. The van der Waals surface area contributed by atoms with Gasteiger partial charge in [0.15, 0.2) is 16.6 Å². The van der Waals surface area contributed by atoms with Crippen LogP contribution in [0.25, 0.3) is 33.0 Å². The van der Waals surface area contributed by atoms with Gasteiger partial charge in [-0.1, -0.05) is 36.4 Å². The van der Waals surface area contributed by atoms with E-state index in [1.807, 2.05) is 11.6 Å². The highest BCUT2D eigenvalue weighted by molar-refractivity contribution is 7.13. The van der Waals surface area contributed by atoms with Gasteiger partial charge >= 0.3 is 8.56 Å². The predicted octanol–water partition coefficient (Wildman–Crippen LogP) is 7.99. The van der Waals surface area contributed by atoms with E-state index in [2.05, 4.69) is 104 Å². The molecule has 0 fully saturated rings. The van der Waals surface area contributed by atoms with E-state index in [1.54, 1.807) is 11.3 Å². The number of fused-ring (bicyclic) bond motifs is 1. The van der Waals surface area contributed by atoms with Gasteiger partial charge in [0.2, 0.25) is 0 Å². The molecule has 2 aromatic carbocycles. The SMILES string of the molecule is C[Si](C)(C)O[Si](C)(CCCn1c(-c2ccccc2-c2nccs2)nc2ccccc21)O[Si](C)(C)C. The third kappa shape index (κ3) is 6.66. The highest BCUT2D eigenvalue weighted by atomic mass is 32.1. The molecule has 9 heteroatoms. The van der Waals surface area contributed by atoms with Crippen molar-refractivity contribution in [3.8, 4) is 22.0 Å². The maximum absolute atomic E-state index is 6.75. The van der Waals surface area contributed by atoms with Crippen LogP contribution < -0.4 is 0 Å². The maximum atomic E-state index is 6.75. The van der Waals surface area contributed by atoms with Crippen LogP contribution in [0.4, 0.5) is 0 Å². The first-order valence-corrected chi connectivity index (χ1v) is 22.5. The van der Waals surface area contributed by atoms with Gasteiger partial charge in [-0.15, -0.1) is 11.3 Å². The number of para-hydroxylation sites is 2. The number of hydrogen-bond donors (Lipinski definition) is 0. The van der Waals surface area contributed by atoms with E-state index in [1.165, 1.54) is 0 Å². The third-order valence-electron chi connectivity index (χ3n) is 5.54. The molecule has 35 heavy (non-hydrogen) atoms. The smallest absolute Gasteiger partial charge is 0.314 e. The molecule has 0 saturated carbocycles. The highest BCUT2D eigenvalue weighted by Crippen LogP contribution is 2.35. The van der Waals surface area contributed by atoms with Crippen LogP contribution >= 0.6 is 11.3 Å². The Labute approximate surface area is 216 Å². The molecule has 0 amide bonds. The lowest BCUT2D eigenvalue weighted by atomic mass is 10.1. The summed E-state index contributed by atoms with van der Waals surface area (Å²) in [6, 6.07) is 17.9. The molecule has 0 unspecified atom stereocenters. The minimum absolute atomic E-state index is 0.870. The van der Waals surface area contributed by atoms with Crippen molar-refractivity contribution in [3.63, 3.8) is 0 Å². The van der Waals surface area contributed by atoms with E-state index in [-0.39, 0.29) is 0 Å².